The van der Waals surface area contributed by atoms with Gasteiger partial charge in [-0.2, -0.15) is 25.3 Å². The van der Waals surface area contributed by atoms with Crippen LogP contribution < -0.4 is 96.5 Å². The summed E-state index contributed by atoms with van der Waals surface area (Å²) in [5, 5.41) is 104. The minimum atomic E-state index is -1.84. The zero-order valence-electron chi connectivity index (χ0n) is 81.8. The van der Waals surface area contributed by atoms with Gasteiger partial charge < -0.3 is 142 Å². The fourth-order valence-corrected chi connectivity index (χ4v) is 17.8. The third-order valence-corrected chi connectivity index (χ3v) is 25.9. The molecule has 1 aromatic heterocycles. The topological polar surface area (TPSA) is 698 Å². The van der Waals surface area contributed by atoms with Crippen molar-refractivity contribution in [3.8, 4) is 23.0 Å². The molecule has 27 N–H and O–H groups in total. The van der Waals surface area contributed by atoms with Gasteiger partial charge in [0, 0.05) is 94.5 Å². The van der Waals surface area contributed by atoms with E-state index in [0.717, 1.165) is 0 Å². The molecule has 4 aromatic carbocycles. The van der Waals surface area contributed by atoms with Gasteiger partial charge in [0.1, 0.15) is 120 Å². The number of imidazole rings is 1. The third kappa shape index (κ3) is 35.8. The number of benzene rings is 4. The number of carbonyl (C=O) groups excluding carboxylic acids is 17. The van der Waals surface area contributed by atoms with E-state index in [1.54, 1.807) is 0 Å². The number of unbranched alkanes of at least 4 members (excludes halogenated alkanes) is 1. The molecule has 46 nitrogen and oxygen atoms in total. The van der Waals surface area contributed by atoms with E-state index < -0.39 is 234 Å². The van der Waals surface area contributed by atoms with Crippen molar-refractivity contribution >= 4 is 132 Å². The number of hydrogen-bond donors (Lipinski definition) is 27. The lowest BCUT2D eigenvalue weighted by molar-refractivity contribution is -0.148. The second-order valence-electron chi connectivity index (χ2n) is 37.2. The van der Waals surface area contributed by atoms with Gasteiger partial charge in [-0.1, -0.05) is 76.2 Å². The van der Waals surface area contributed by atoms with Gasteiger partial charge in [-0.3, -0.25) is 86.9 Å². The summed E-state index contributed by atoms with van der Waals surface area (Å²) in [6, 6.07) is -2.85. The molecule has 4 fully saturated rings. The highest BCUT2D eigenvalue weighted by Crippen LogP contribution is 2.29. The van der Waals surface area contributed by atoms with Crippen LogP contribution in [0, 0.1) is 5.41 Å². The van der Waals surface area contributed by atoms with Crippen molar-refractivity contribution in [2.45, 2.75) is 272 Å². The number of aliphatic hydroxyl groups is 1. The van der Waals surface area contributed by atoms with Crippen LogP contribution in [0.25, 0.3) is 0 Å². The zero-order chi connectivity index (χ0) is 106. The number of phenolic OH excluding ortho intramolecular Hbond substituents is 4. The summed E-state index contributed by atoms with van der Waals surface area (Å²) in [6.07, 6.45) is 1.46. The zero-order valence-corrected chi connectivity index (χ0v) is 83.6. The maximum absolute atomic E-state index is 15.6. The number of aliphatic hydroxyl groups excluding tert-OH is 1. The lowest BCUT2D eigenvalue weighted by Crippen LogP contribution is -2.62. The smallest absolute Gasteiger partial charge is 0.246 e. The number of aromatic hydroxyl groups is 4. The lowest BCUT2D eigenvalue weighted by Gasteiger charge is -2.34. The summed E-state index contributed by atoms with van der Waals surface area (Å²) in [4.78, 5) is 264. The van der Waals surface area contributed by atoms with Crippen LogP contribution in [0.15, 0.2) is 110 Å². The van der Waals surface area contributed by atoms with Crippen molar-refractivity contribution in [1.29, 1.82) is 5.41 Å². The van der Waals surface area contributed by atoms with E-state index in [2.05, 4.69) is 120 Å². The molecule has 145 heavy (non-hydrogen) atoms. The molecule has 0 saturated carbocycles. The molecule has 0 aliphatic carbocycles. The molecule has 790 valence electrons. The molecule has 0 bridgehead atoms. The summed E-state index contributed by atoms with van der Waals surface area (Å²) in [6.45, 7) is 8.48. The molecule has 5 aromatic rings. The second kappa shape index (κ2) is 57.0. The highest BCUT2D eigenvalue weighted by Gasteiger charge is 2.47. The number of fused-ring (bicyclic) bond motifs is 3. The van der Waals surface area contributed by atoms with Crippen LogP contribution in [0.3, 0.4) is 0 Å². The van der Waals surface area contributed by atoms with Gasteiger partial charge in [0.25, 0.3) is 0 Å². The Balaban J connectivity index is 1.09. The molecule has 16 atom stereocenters. The minimum absolute atomic E-state index is 0.0165. The quantitative estimate of drug-likeness (QED) is 0.00881. The summed E-state index contributed by atoms with van der Waals surface area (Å²) in [5.41, 5.74) is 13.0. The monoisotopic (exact) mass is 2050 g/mol. The van der Waals surface area contributed by atoms with E-state index >= 15 is 52.7 Å². The van der Waals surface area contributed by atoms with Crippen LogP contribution in [-0.2, 0) is 114 Å². The molecule has 48 heteroatoms. The number of amides is 17. The Morgan fingerprint density at radius 2 is 0.697 bits per heavy atom. The Morgan fingerprint density at radius 1 is 0.386 bits per heavy atom. The molecule has 0 unspecified atom stereocenters. The number of guanidine groups is 1. The number of nitrogens with two attached hydrogens (primary N) is 2. The number of thiol groups is 2. The van der Waals surface area contributed by atoms with Crippen LogP contribution in [0.1, 0.15) is 159 Å². The molecule has 4 aliphatic heterocycles. The first-order valence-corrected chi connectivity index (χ1v) is 50.1. The van der Waals surface area contributed by atoms with E-state index in [4.69, 9.17) is 16.9 Å². The fourth-order valence-electron chi connectivity index (χ4n) is 17.3. The highest BCUT2D eigenvalue weighted by atomic mass is 32.1. The van der Waals surface area contributed by atoms with Crippen LogP contribution in [0.5, 0.6) is 23.0 Å². The Kier molecular flexibility index (Phi) is 45.1. The predicted octanol–water partition coefficient (Wildman–Crippen LogP) is -3.62. The molecule has 0 radical (unpaired) electrons. The molecule has 17 amide bonds. The number of H-pyrrole nitrogens is 1. The Labute approximate surface area is 850 Å². The second-order valence-corrected chi connectivity index (χ2v) is 37.9. The maximum Gasteiger partial charge on any atom is 0.246 e. The van der Waals surface area contributed by atoms with E-state index in [0.29, 0.717) is 41.8 Å². The van der Waals surface area contributed by atoms with Crippen molar-refractivity contribution < 1.29 is 107 Å². The molecule has 0 spiro atoms. The third-order valence-electron chi connectivity index (χ3n) is 25.2. The average Bonchev–Trinajstić information content (AvgIpc) is 1.66. The first kappa shape index (κ1) is 115. The van der Waals surface area contributed by atoms with Gasteiger partial charge in [0.15, 0.2) is 5.96 Å². The number of aromatic nitrogens is 2. The van der Waals surface area contributed by atoms with Gasteiger partial charge in [-0.25, -0.2) is 4.98 Å². The van der Waals surface area contributed by atoms with Crippen molar-refractivity contribution in [2.24, 2.45) is 11.5 Å². The van der Waals surface area contributed by atoms with Crippen LogP contribution in [-0.4, -0.2) is 323 Å². The first-order valence-electron chi connectivity index (χ1n) is 48.8. The molecule has 9 rings (SSSR count). The van der Waals surface area contributed by atoms with Gasteiger partial charge in [-0.15, -0.1) is 0 Å². The van der Waals surface area contributed by atoms with E-state index in [1.807, 2.05) is 27.7 Å². The number of nitrogens with zero attached hydrogens (tertiary/aromatic N) is 4. The highest BCUT2D eigenvalue weighted by molar-refractivity contribution is 7.80. The predicted molar refractivity (Wildman–Crippen MR) is 536 cm³/mol. The summed E-state index contributed by atoms with van der Waals surface area (Å²) in [7, 11) is 0. The number of hydrogen-bond acceptors (Lipinski definition) is 28. The van der Waals surface area contributed by atoms with Gasteiger partial charge in [0.05, 0.1) is 18.6 Å². The Bertz CT molecular complexity index is 5260. The van der Waals surface area contributed by atoms with Crippen LogP contribution in [0.4, 0.5) is 0 Å². The van der Waals surface area contributed by atoms with Crippen LogP contribution >= 0.6 is 25.3 Å². The van der Waals surface area contributed by atoms with Gasteiger partial charge >= 0.3 is 0 Å². The van der Waals surface area contributed by atoms with Gasteiger partial charge in [-0.05, 0) is 181 Å². The van der Waals surface area contributed by atoms with E-state index in [-0.39, 0.29) is 176 Å². The first-order chi connectivity index (χ1) is 69.2. The number of carbonyl (C=O) groups is 17. The summed E-state index contributed by atoms with van der Waals surface area (Å²) in [5.74, 6) is -18.3. The number of rotatable bonds is 31. The largest absolute Gasteiger partial charge is 0.508 e. The standard InChI is InChI=1S/C97H138N24O22S2/c1-53(2)102-37-7-6-13-68-95(142)121-42-12-18-79(121)96(143)120-41-11-17-78(120)93(140)115-72(46-59-25-33-64(126)34-26-59)85(132)114-73(47-60-48-101-52-105-60)88(135)112-71(45-58-23-31-63(125)32-24-58)87(134)118-76(51-145)91(138)116-74(49-122)89(136)106-55(5)94(141)119-40-10-16-77(119)92(139)109-66(14-8-38-103-54(3)4)81(128)107-65(15-9-39-104-97(99)100)82(129)111-70(44-57-21-29-62(124)30-22-57)86(133)117-75(50-144)90(137)113-69(43-56-19-27-61(123)28-20-56)84(131)108-67(83(130)110-68)35-36-80(98)127/h19-34,48,52-55,65-79,102-103,122-126,144-145H,6-18,35-47,49-51H2,1-5H3,(H2,98,127)(H,101,105)(H,106,136)(H,107,128)(H,108,131)(H,109,139)(H,110,130)(H,111,129)(H,112,135)(H,113,137)(H,114,132)(H,115,140)(H,116,138)(H,117,133)(H,118,134)(H4,99,100,104)/t55-,65-,66-,67-,68-,69-,70-,71-,72-,73-,74-,75-,76-,77+,78-,79+/m0/s1. The van der Waals surface area contributed by atoms with Crippen LogP contribution in [0.2, 0.25) is 0 Å². The number of primary amides is 1. The van der Waals surface area contributed by atoms with Crippen molar-refractivity contribution in [3.05, 3.63) is 138 Å². The normalized spacial score (nSPS) is 24.8. The van der Waals surface area contributed by atoms with Gasteiger partial charge in [0.2, 0.25) is 100 Å². The number of phenols is 4. The van der Waals surface area contributed by atoms with Crippen molar-refractivity contribution in [1.82, 2.24) is 110 Å². The molecule has 4 saturated heterocycles. The van der Waals surface area contributed by atoms with E-state index in [1.165, 1.54) is 131 Å². The number of aromatic amines is 1. The summed E-state index contributed by atoms with van der Waals surface area (Å²) >= 11 is 8.80. The Morgan fingerprint density at radius 3 is 1.08 bits per heavy atom. The lowest BCUT2D eigenvalue weighted by atomic mass is 10.0. The van der Waals surface area contributed by atoms with Crippen molar-refractivity contribution in [3.63, 3.8) is 0 Å². The van der Waals surface area contributed by atoms with Crippen molar-refractivity contribution in [2.75, 3.05) is 57.4 Å². The molecular formula is C97H138N24O22S2. The Hall–Kier alpha value is -13.9. The minimum Gasteiger partial charge on any atom is -0.508 e. The summed E-state index contributed by atoms with van der Waals surface area (Å²) < 4.78 is 0. The van der Waals surface area contributed by atoms with E-state index in [9.17, 15) is 54.3 Å². The fraction of sp³-hybridized carbons (Fsp3) is 0.536. The molecule has 4 aliphatic rings. The SMILES string of the molecule is CC(C)NCCCC[C@@H]1NC(=O)[C@H](CCC(N)=O)NC(=O)[C@H](Cc2ccc(O)cc2)NC(=O)[C@H](CS)NC(=O)[C@H](Cc2ccc(O)cc2)NC(=O)[C@H](CCCNC(=N)N)NC(=O)[C@H](CCCNC(C)C)NC(=O)[C@H]2CCCN2C(=O)[C@H](C)NC(=O)[C@H](CO)NC(=O)[C@H](CS)NC(=O)[C@H](Cc2ccc(O)cc2)NC(=O)[C@H](Cc2c[nH]cn2)NC(=O)[C@H](Cc2ccc(O)cc2)NC(=O)[C@@H]2CCCN2C(=O)[C@H]2CCCN2C1=O. The number of nitrogens with one attached hydrogen (secondary N) is 18. The molecular weight excluding hydrogens is 1920 g/mol. The average molecular weight is 2060 g/mol. The maximum atomic E-state index is 15.6. The molecule has 5 heterocycles.